The lowest BCUT2D eigenvalue weighted by molar-refractivity contribution is 0.627. The minimum Gasteiger partial charge on any atom is -0.330 e. The molecule has 2 heteroatoms. The SMILES string of the molecule is NCCCCNCc1ccc(C2CC2)cc1. The summed E-state index contributed by atoms with van der Waals surface area (Å²) in [6.45, 7) is 2.86. The molecule has 3 N–H and O–H groups in total. The van der Waals surface area contributed by atoms with E-state index in [2.05, 4.69) is 29.6 Å². The zero-order valence-corrected chi connectivity index (χ0v) is 9.91. The average Bonchev–Trinajstić information content (AvgIpc) is 3.14. The summed E-state index contributed by atoms with van der Waals surface area (Å²) in [5.74, 6) is 0.867. The van der Waals surface area contributed by atoms with Crippen LogP contribution in [0.4, 0.5) is 0 Å². The molecule has 0 aromatic heterocycles. The van der Waals surface area contributed by atoms with Crippen LogP contribution in [0, 0.1) is 0 Å². The second-order valence-electron chi connectivity index (χ2n) is 4.69. The lowest BCUT2D eigenvalue weighted by atomic mass is 10.1. The van der Waals surface area contributed by atoms with E-state index in [-0.39, 0.29) is 0 Å². The number of benzene rings is 1. The Labute approximate surface area is 98.2 Å². The quantitative estimate of drug-likeness (QED) is 0.690. The van der Waals surface area contributed by atoms with E-state index in [0.29, 0.717) is 0 Å². The lowest BCUT2D eigenvalue weighted by Gasteiger charge is -2.05. The van der Waals surface area contributed by atoms with E-state index in [1.807, 2.05) is 0 Å². The topological polar surface area (TPSA) is 38.0 Å². The molecule has 0 radical (unpaired) electrons. The Balaban J connectivity index is 1.68. The predicted molar refractivity (Wildman–Crippen MR) is 68.4 cm³/mol. The van der Waals surface area contributed by atoms with Gasteiger partial charge in [0.1, 0.15) is 0 Å². The summed E-state index contributed by atoms with van der Waals surface area (Å²) in [5, 5.41) is 3.45. The van der Waals surface area contributed by atoms with E-state index in [1.54, 1.807) is 0 Å². The van der Waals surface area contributed by atoms with Gasteiger partial charge in [0.2, 0.25) is 0 Å². The highest BCUT2D eigenvalue weighted by Gasteiger charge is 2.22. The van der Waals surface area contributed by atoms with Crippen molar-refractivity contribution in [3.05, 3.63) is 35.4 Å². The second kappa shape index (κ2) is 6.02. The average molecular weight is 218 g/mol. The molecule has 88 valence electrons. The fourth-order valence-corrected chi connectivity index (χ4v) is 1.95. The van der Waals surface area contributed by atoms with Crippen molar-refractivity contribution in [3.63, 3.8) is 0 Å². The van der Waals surface area contributed by atoms with Gasteiger partial charge < -0.3 is 11.1 Å². The van der Waals surface area contributed by atoms with Crippen LogP contribution < -0.4 is 11.1 Å². The van der Waals surface area contributed by atoms with Gasteiger partial charge in [0.15, 0.2) is 0 Å². The smallest absolute Gasteiger partial charge is 0.0205 e. The van der Waals surface area contributed by atoms with Crippen molar-refractivity contribution in [1.29, 1.82) is 0 Å². The van der Waals surface area contributed by atoms with Crippen molar-refractivity contribution >= 4 is 0 Å². The Kier molecular flexibility index (Phi) is 4.37. The van der Waals surface area contributed by atoms with E-state index >= 15 is 0 Å². The van der Waals surface area contributed by atoms with Gasteiger partial charge in [-0.1, -0.05) is 24.3 Å². The van der Waals surface area contributed by atoms with E-state index in [0.717, 1.165) is 32.0 Å². The molecule has 1 aliphatic rings. The minimum atomic E-state index is 0.803. The minimum absolute atomic E-state index is 0.803. The van der Waals surface area contributed by atoms with Crippen molar-refractivity contribution in [2.75, 3.05) is 13.1 Å². The normalized spacial score (nSPS) is 15.3. The first-order valence-corrected chi connectivity index (χ1v) is 6.40. The fourth-order valence-electron chi connectivity index (χ4n) is 1.95. The molecule has 1 aromatic rings. The van der Waals surface area contributed by atoms with Gasteiger partial charge in [0, 0.05) is 6.54 Å². The molecule has 1 fully saturated rings. The second-order valence-corrected chi connectivity index (χ2v) is 4.69. The standard InChI is InChI=1S/C14H22N2/c15-9-1-2-10-16-11-12-3-5-13(6-4-12)14-7-8-14/h3-6,14,16H,1-2,7-11,15H2. The molecular formula is C14H22N2. The molecule has 0 spiro atoms. The van der Waals surface area contributed by atoms with E-state index in [4.69, 9.17) is 5.73 Å². The number of nitrogens with two attached hydrogens (primary N) is 1. The molecule has 0 unspecified atom stereocenters. The van der Waals surface area contributed by atoms with Crippen LogP contribution in [0.15, 0.2) is 24.3 Å². The van der Waals surface area contributed by atoms with Crippen LogP contribution in [0.25, 0.3) is 0 Å². The van der Waals surface area contributed by atoms with Crippen LogP contribution in [0.3, 0.4) is 0 Å². The van der Waals surface area contributed by atoms with Gasteiger partial charge in [0.05, 0.1) is 0 Å². The Bertz CT molecular complexity index is 301. The first kappa shape index (κ1) is 11.6. The van der Waals surface area contributed by atoms with E-state index in [9.17, 15) is 0 Å². The Hall–Kier alpha value is -0.860. The maximum absolute atomic E-state index is 5.44. The summed E-state index contributed by atoms with van der Waals surface area (Å²) in [6.07, 6.45) is 5.07. The summed E-state index contributed by atoms with van der Waals surface area (Å²) < 4.78 is 0. The van der Waals surface area contributed by atoms with Gasteiger partial charge in [-0.25, -0.2) is 0 Å². The number of rotatable bonds is 7. The zero-order chi connectivity index (χ0) is 11.2. The van der Waals surface area contributed by atoms with Crippen molar-refractivity contribution in [2.24, 2.45) is 5.73 Å². The van der Waals surface area contributed by atoms with Crippen LogP contribution in [0.2, 0.25) is 0 Å². The summed E-state index contributed by atoms with van der Waals surface area (Å²) in [6, 6.07) is 9.08. The van der Waals surface area contributed by atoms with Crippen molar-refractivity contribution in [2.45, 2.75) is 38.1 Å². The highest BCUT2D eigenvalue weighted by molar-refractivity contribution is 5.27. The third-order valence-corrected chi connectivity index (χ3v) is 3.17. The molecule has 0 aliphatic heterocycles. The maximum atomic E-state index is 5.44. The van der Waals surface area contributed by atoms with Gasteiger partial charge in [-0.3, -0.25) is 0 Å². The highest BCUT2D eigenvalue weighted by Crippen LogP contribution is 2.39. The number of hydrogen-bond donors (Lipinski definition) is 2. The highest BCUT2D eigenvalue weighted by atomic mass is 14.8. The van der Waals surface area contributed by atoms with Gasteiger partial charge in [-0.15, -0.1) is 0 Å². The molecule has 0 atom stereocenters. The first-order valence-electron chi connectivity index (χ1n) is 6.40. The maximum Gasteiger partial charge on any atom is 0.0205 e. The van der Waals surface area contributed by atoms with E-state index < -0.39 is 0 Å². The van der Waals surface area contributed by atoms with Crippen LogP contribution >= 0.6 is 0 Å². The van der Waals surface area contributed by atoms with Gasteiger partial charge in [-0.2, -0.15) is 0 Å². The van der Waals surface area contributed by atoms with Crippen LogP contribution in [0.5, 0.6) is 0 Å². The third-order valence-electron chi connectivity index (χ3n) is 3.17. The first-order chi connectivity index (χ1) is 7.90. The van der Waals surface area contributed by atoms with Gasteiger partial charge in [-0.05, 0) is 55.8 Å². The molecule has 0 heterocycles. The summed E-state index contributed by atoms with van der Waals surface area (Å²) in [7, 11) is 0. The monoisotopic (exact) mass is 218 g/mol. The molecule has 0 saturated heterocycles. The zero-order valence-electron chi connectivity index (χ0n) is 9.91. The number of nitrogens with one attached hydrogen (secondary N) is 1. The molecule has 2 rings (SSSR count). The van der Waals surface area contributed by atoms with Crippen LogP contribution in [0.1, 0.15) is 42.7 Å². The Morgan fingerprint density at radius 2 is 1.88 bits per heavy atom. The largest absolute Gasteiger partial charge is 0.330 e. The molecule has 1 aliphatic carbocycles. The molecular weight excluding hydrogens is 196 g/mol. The predicted octanol–water partition coefficient (Wildman–Crippen LogP) is 2.39. The summed E-state index contributed by atoms with van der Waals surface area (Å²) >= 11 is 0. The molecule has 0 bridgehead atoms. The van der Waals surface area contributed by atoms with Crippen LogP contribution in [-0.2, 0) is 6.54 Å². The van der Waals surface area contributed by atoms with Crippen molar-refractivity contribution in [3.8, 4) is 0 Å². The summed E-state index contributed by atoms with van der Waals surface area (Å²) in [5.41, 5.74) is 8.35. The van der Waals surface area contributed by atoms with Crippen LogP contribution in [-0.4, -0.2) is 13.1 Å². The van der Waals surface area contributed by atoms with Gasteiger partial charge >= 0.3 is 0 Å². The molecule has 2 nitrogen and oxygen atoms in total. The molecule has 16 heavy (non-hydrogen) atoms. The third kappa shape index (κ3) is 3.62. The number of hydrogen-bond acceptors (Lipinski definition) is 2. The Morgan fingerprint density at radius 1 is 1.12 bits per heavy atom. The number of unbranched alkanes of at least 4 members (excludes halogenated alkanes) is 1. The Morgan fingerprint density at radius 3 is 2.50 bits per heavy atom. The molecule has 0 amide bonds. The van der Waals surface area contributed by atoms with Crippen molar-refractivity contribution < 1.29 is 0 Å². The molecule has 1 aromatic carbocycles. The van der Waals surface area contributed by atoms with E-state index in [1.165, 1.54) is 30.4 Å². The molecule has 1 saturated carbocycles. The fraction of sp³-hybridized carbons (Fsp3) is 0.571. The summed E-state index contributed by atoms with van der Waals surface area (Å²) in [4.78, 5) is 0. The van der Waals surface area contributed by atoms with Gasteiger partial charge in [0.25, 0.3) is 0 Å². The lowest BCUT2D eigenvalue weighted by Crippen LogP contribution is -2.15. The van der Waals surface area contributed by atoms with Crippen molar-refractivity contribution in [1.82, 2.24) is 5.32 Å².